The highest BCUT2D eigenvalue weighted by atomic mass is 16.6. The van der Waals surface area contributed by atoms with Crippen LogP contribution in [0.3, 0.4) is 0 Å². The highest BCUT2D eigenvalue weighted by molar-refractivity contribution is 5.93. The monoisotopic (exact) mass is 408 g/mol. The number of piperidine rings is 1. The zero-order valence-corrected chi connectivity index (χ0v) is 18.3. The van der Waals surface area contributed by atoms with Gasteiger partial charge in [0.1, 0.15) is 11.4 Å². The number of pyridine rings is 2. The normalized spacial score (nSPS) is 18.2. The number of fused-ring (bicyclic) bond motifs is 1. The molecule has 2 aliphatic rings. The summed E-state index contributed by atoms with van der Waals surface area (Å²) in [6.07, 6.45) is 12.4. The molecule has 0 aromatic carbocycles. The van der Waals surface area contributed by atoms with Gasteiger partial charge in [0.2, 0.25) is 0 Å². The second-order valence-corrected chi connectivity index (χ2v) is 9.31. The van der Waals surface area contributed by atoms with E-state index in [1.807, 2.05) is 39.2 Å². The van der Waals surface area contributed by atoms with Crippen LogP contribution in [0, 0.1) is 0 Å². The van der Waals surface area contributed by atoms with Crippen LogP contribution in [0.15, 0.2) is 30.6 Å². The number of rotatable bonds is 3. The van der Waals surface area contributed by atoms with E-state index < -0.39 is 5.60 Å². The minimum atomic E-state index is -0.458. The van der Waals surface area contributed by atoms with Crippen molar-refractivity contribution in [3.8, 4) is 0 Å². The van der Waals surface area contributed by atoms with Crippen LogP contribution in [0.4, 0.5) is 10.6 Å². The highest BCUT2D eigenvalue weighted by Gasteiger charge is 2.27. The molecule has 2 aromatic rings. The Kier molecular flexibility index (Phi) is 5.93. The maximum absolute atomic E-state index is 12.3. The van der Waals surface area contributed by atoms with Crippen LogP contribution in [0.5, 0.6) is 0 Å². The predicted molar refractivity (Wildman–Crippen MR) is 120 cm³/mol. The van der Waals surface area contributed by atoms with Crippen molar-refractivity contribution in [1.82, 2.24) is 14.9 Å². The number of amides is 1. The standard InChI is InChI=1S/C24H32N4O2/c1-24(2,3)30-23(29)28-13-10-19(11-14-28)27-21-15-20-18(16-26-21)9-12-25-22(20)17-7-5-4-6-8-17/h7,9,12,15-16,19H,4-6,8,10-11,13-14H2,1-3H3,(H,26,27). The van der Waals surface area contributed by atoms with Gasteiger partial charge >= 0.3 is 6.09 Å². The zero-order valence-electron chi connectivity index (χ0n) is 18.3. The quantitative estimate of drug-likeness (QED) is 0.737. The number of nitrogens with one attached hydrogen (secondary N) is 1. The molecule has 3 heterocycles. The van der Waals surface area contributed by atoms with Gasteiger partial charge < -0.3 is 15.0 Å². The van der Waals surface area contributed by atoms with E-state index in [2.05, 4.69) is 22.4 Å². The summed E-state index contributed by atoms with van der Waals surface area (Å²) in [5, 5.41) is 5.86. The van der Waals surface area contributed by atoms with E-state index in [4.69, 9.17) is 9.72 Å². The number of ether oxygens (including phenoxy) is 1. The lowest BCUT2D eigenvalue weighted by molar-refractivity contribution is 0.0210. The summed E-state index contributed by atoms with van der Waals surface area (Å²) >= 11 is 0. The van der Waals surface area contributed by atoms with Crippen LogP contribution in [0.2, 0.25) is 0 Å². The van der Waals surface area contributed by atoms with Gasteiger partial charge in [0.05, 0.1) is 5.69 Å². The van der Waals surface area contributed by atoms with Crippen LogP contribution >= 0.6 is 0 Å². The van der Waals surface area contributed by atoms with Gasteiger partial charge in [0.25, 0.3) is 0 Å². The summed E-state index contributed by atoms with van der Waals surface area (Å²) in [6.45, 7) is 7.09. The predicted octanol–water partition coefficient (Wildman–Crippen LogP) is 5.40. The minimum absolute atomic E-state index is 0.221. The van der Waals surface area contributed by atoms with Crippen molar-refractivity contribution in [2.75, 3.05) is 18.4 Å². The Labute approximate surface area is 178 Å². The fourth-order valence-electron chi connectivity index (χ4n) is 4.20. The first-order valence-electron chi connectivity index (χ1n) is 11.1. The lowest BCUT2D eigenvalue weighted by atomic mass is 9.94. The van der Waals surface area contributed by atoms with E-state index in [9.17, 15) is 4.79 Å². The SMILES string of the molecule is CC(C)(C)OC(=O)N1CCC(Nc2cc3c(C4=CCCCC4)nccc3cn2)CC1. The van der Waals surface area contributed by atoms with Crippen molar-refractivity contribution < 1.29 is 9.53 Å². The molecular weight excluding hydrogens is 376 g/mol. The lowest BCUT2D eigenvalue weighted by Gasteiger charge is -2.33. The van der Waals surface area contributed by atoms with Crippen LogP contribution in [-0.2, 0) is 4.74 Å². The lowest BCUT2D eigenvalue weighted by Crippen LogP contribution is -2.44. The maximum atomic E-state index is 12.3. The van der Waals surface area contributed by atoms with Crippen LogP contribution in [-0.4, -0.2) is 45.7 Å². The first kappa shape index (κ1) is 20.6. The number of nitrogens with zero attached hydrogens (tertiary/aromatic N) is 3. The fraction of sp³-hybridized carbons (Fsp3) is 0.542. The number of anilines is 1. The number of allylic oxidation sites excluding steroid dienone is 2. The summed E-state index contributed by atoms with van der Waals surface area (Å²) in [4.78, 5) is 23.4. The molecule has 0 unspecified atom stereocenters. The van der Waals surface area contributed by atoms with E-state index in [0.29, 0.717) is 19.1 Å². The number of hydrogen-bond acceptors (Lipinski definition) is 5. The van der Waals surface area contributed by atoms with Crippen molar-refractivity contribution in [2.24, 2.45) is 0 Å². The van der Waals surface area contributed by atoms with Gasteiger partial charge in [0.15, 0.2) is 0 Å². The summed E-state index contributed by atoms with van der Waals surface area (Å²) < 4.78 is 5.49. The number of aromatic nitrogens is 2. The molecular formula is C24H32N4O2. The molecule has 0 atom stereocenters. The summed E-state index contributed by atoms with van der Waals surface area (Å²) in [7, 11) is 0. The number of carbonyl (C=O) groups excluding carboxylic acids is 1. The molecule has 6 nitrogen and oxygen atoms in total. The van der Waals surface area contributed by atoms with E-state index >= 15 is 0 Å². The first-order valence-corrected chi connectivity index (χ1v) is 11.1. The van der Waals surface area contributed by atoms with Gasteiger partial charge in [-0.1, -0.05) is 6.08 Å². The van der Waals surface area contributed by atoms with Crippen LogP contribution < -0.4 is 5.32 Å². The molecule has 1 saturated heterocycles. The average molecular weight is 409 g/mol. The topological polar surface area (TPSA) is 67.3 Å². The van der Waals surface area contributed by atoms with E-state index in [-0.39, 0.29) is 6.09 Å². The summed E-state index contributed by atoms with van der Waals surface area (Å²) in [6, 6.07) is 4.45. The molecule has 1 aliphatic heterocycles. The maximum Gasteiger partial charge on any atom is 0.410 e. The Bertz CT molecular complexity index is 940. The third-order valence-electron chi connectivity index (χ3n) is 5.74. The first-order chi connectivity index (χ1) is 14.4. The van der Waals surface area contributed by atoms with Crippen molar-refractivity contribution in [3.63, 3.8) is 0 Å². The van der Waals surface area contributed by atoms with Crippen molar-refractivity contribution in [1.29, 1.82) is 0 Å². The van der Waals surface area contributed by atoms with Gasteiger partial charge in [-0.25, -0.2) is 9.78 Å². The molecule has 1 amide bonds. The van der Waals surface area contributed by atoms with Gasteiger partial charge in [-0.05, 0) is 77.0 Å². The van der Waals surface area contributed by atoms with Crippen molar-refractivity contribution in [3.05, 3.63) is 36.3 Å². The molecule has 0 radical (unpaired) electrons. The van der Waals surface area contributed by atoms with Gasteiger partial charge in [-0.2, -0.15) is 0 Å². The number of carbonyl (C=O) groups is 1. The smallest absolute Gasteiger partial charge is 0.410 e. The molecule has 1 aliphatic carbocycles. The molecule has 30 heavy (non-hydrogen) atoms. The molecule has 160 valence electrons. The summed E-state index contributed by atoms with van der Waals surface area (Å²) in [5.41, 5.74) is 1.99. The Morgan fingerprint density at radius 2 is 2.00 bits per heavy atom. The van der Waals surface area contributed by atoms with E-state index in [0.717, 1.165) is 48.0 Å². The zero-order chi connectivity index (χ0) is 21.1. The van der Waals surface area contributed by atoms with E-state index in [1.54, 1.807) is 4.90 Å². The van der Waals surface area contributed by atoms with Crippen molar-refractivity contribution >= 4 is 28.3 Å². The molecule has 1 N–H and O–H groups in total. The second kappa shape index (κ2) is 8.62. The van der Waals surface area contributed by atoms with Gasteiger partial charge in [-0.15, -0.1) is 0 Å². The second-order valence-electron chi connectivity index (χ2n) is 9.31. The Hall–Kier alpha value is -2.63. The Morgan fingerprint density at radius 3 is 2.70 bits per heavy atom. The molecule has 0 saturated carbocycles. The van der Waals surface area contributed by atoms with Gasteiger partial charge in [0, 0.05) is 42.3 Å². The molecule has 4 rings (SSSR count). The molecule has 1 fully saturated rings. The number of likely N-dealkylation sites (tertiary alicyclic amines) is 1. The fourth-order valence-corrected chi connectivity index (χ4v) is 4.20. The Balaban J connectivity index is 1.44. The summed E-state index contributed by atoms with van der Waals surface area (Å²) in [5.74, 6) is 0.879. The highest BCUT2D eigenvalue weighted by Crippen LogP contribution is 2.31. The molecule has 0 spiro atoms. The largest absolute Gasteiger partial charge is 0.444 e. The van der Waals surface area contributed by atoms with E-state index in [1.165, 1.54) is 18.4 Å². The third-order valence-corrected chi connectivity index (χ3v) is 5.74. The minimum Gasteiger partial charge on any atom is -0.444 e. The average Bonchev–Trinajstić information content (AvgIpc) is 2.73. The van der Waals surface area contributed by atoms with Crippen LogP contribution in [0.1, 0.15) is 65.0 Å². The van der Waals surface area contributed by atoms with Gasteiger partial charge in [-0.3, -0.25) is 4.98 Å². The van der Waals surface area contributed by atoms with Crippen molar-refractivity contribution in [2.45, 2.75) is 70.9 Å². The Morgan fingerprint density at radius 1 is 1.20 bits per heavy atom. The molecule has 6 heteroatoms. The number of hydrogen-bond donors (Lipinski definition) is 1. The van der Waals surface area contributed by atoms with Crippen LogP contribution in [0.25, 0.3) is 16.3 Å². The molecule has 2 aromatic heterocycles. The molecule has 0 bridgehead atoms. The third kappa shape index (κ3) is 4.91.